The Morgan fingerprint density at radius 2 is 1.89 bits per heavy atom. The first-order valence-corrected chi connectivity index (χ1v) is 9.30. The third-order valence-corrected chi connectivity index (χ3v) is 4.91. The summed E-state index contributed by atoms with van der Waals surface area (Å²) in [6.07, 6.45) is 0.802. The predicted octanol–water partition coefficient (Wildman–Crippen LogP) is 3.26. The van der Waals surface area contributed by atoms with Crippen LogP contribution in [0.15, 0.2) is 47.5 Å². The summed E-state index contributed by atoms with van der Waals surface area (Å²) in [7, 11) is 5.27. The Kier molecular flexibility index (Phi) is 6.46. The molecule has 1 aliphatic heterocycles. The van der Waals surface area contributed by atoms with Gasteiger partial charge in [-0.25, -0.2) is 8.78 Å². The van der Waals surface area contributed by atoms with Crippen LogP contribution < -0.4 is 15.4 Å². The second-order valence-corrected chi connectivity index (χ2v) is 6.94. The van der Waals surface area contributed by atoms with E-state index in [2.05, 4.69) is 15.6 Å². The lowest BCUT2D eigenvalue weighted by Gasteiger charge is -2.30. The van der Waals surface area contributed by atoms with Gasteiger partial charge in [0.25, 0.3) is 0 Å². The number of aliphatic imine (C=N–C) groups is 1. The Hall–Kier alpha value is -2.67. The van der Waals surface area contributed by atoms with E-state index in [1.165, 1.54) is 18.2 Å². The number of hydrogen-bond donors (Lipinski definition) is 2. The second-order valence-electron chi connectivity index (χ2n) is 6.94. The topological polar surface area (TPSA) is 48.9 Å². The van der Waals surface area contributed by atoms with E-state index in [0.717, 1.165) is 17.7 Å². The number of benzene rings is 2. The van der Waals surface area contributed by atoms with E-state index in [1.54, 1.807) is 26.0 Å². The average Bonchev–Trinajstić information content (AvgIpc) is 2.69. The second kappa shape index (κ2) is 9.01. The van der Waals surface area contributed by atoms with Gasteiger partial charge in [-0.05, 0) is 32.3 Å². The summed E-state index contributed by atoms with van der Waals surface area (Å²) < 4.78 is 34.2. The summed E-state index contributed by atoms with van der Waals surface area (Å²) in [4.78, 5) is 6.06. The Balaban J connectivity index is 1.71. The zero-order valence-corrected chi connectivity index (χ0v) is 16.4. The molecule has 0 aliphatic carbocycles. The third-order valence-electron chi connectivity index (χ3n) is 4.91. The number of fused-ring (bicyclic) bond motifs is 1. The molecule has 0 amide bonds. The minimum atomic E-state index is -0.554. The molecule has 0 spiro atoms. The van der Waals surface area contributed by atoms with Crippen LogP contribution in [0.4, 0.5) is 8.78 Å². The normalized spacial score (nSPS) is 17.6. The number of rotatable bonds is 5. The Labute approximate surface area is 164 Å². The van der Waals surface area contributed by atoms with Gasteiger partial charge in [-0.1, -0.05) is 24.3 Å². The molecule has 1 heterocycles. The molecule has 0 saturated heterocycles. The summed E-state index contributed by atoms with van der Waals surface area (Å²) >= 11 is 0. The molecular formula is C21H26F2N4O. The van der Waals surface area contributed by atoms with Gasteiger partial charge in [0.15, 0.2) is 5.96 Å². The SMILES string of the molecule is CN=C(NCC(c1c(F)cccc1F)N(C)C)NC1CCOc2ccccc21. The smallest absolute Gasteiger partial charge is 0.191 e. The fourth-order valence-electron chi connectivity index (χ4n) is 3.42. The molecule has 1 aliphatic rings. The molecule has 2 atom stereocenters. The number of hydrogen-bond acceptors (Lipinski definition) is 3. The van der Waals surface area contributed by atoms with Crippen LogP contribution in [-0.2, 0) is 0 Å². The van der Waals surface area contributed by atoms with Gasteiger partial charge in [0.1, 0.15) is 17.4 Å². The van der Waals surface area contributed by atoms with Crippen LogP contribution in [0.5, 0.6) is 5.75 Å². The van der Waals surface area contributed by atoms with Gasteiger partial charge in [0.05, 0.1) is 18.7 Å². The van der Waals surface area contributed by atoms with E-state index < -0.39 is 17.7 Å². The maximum absolute atomic E-state index is 14.3. The lowest BCUT2D eigenvalue weighted by molar-refractivity contribution is 0.260. The summed E-state index contributed by atoms with van der Waals surface area (Å²) in [5, 5.41) is 6.59. The highest BCUT2D eigenvalue weighted by molar-refractivity contribution is 5.80. The number of ether oxygens (including phenoxy) is 1. The van der Waals surface area contributed by atoms with Crippen molar-refractivity contribution in [2.45, 2.75) is 18.5 Å². The highest BCUT2D eigenvalue weighted by Crippen LogP contribution is 2.31. The first-order chi connectivity index (χ1) is 13.5. The standard InChI is InChI=1S/C21H26F2N4O/c1-24-21(26-17-11-12-28-19-10-5-4-7-14(17)19)25-13-18(27(2)3)20-15(22)8-6-9-16(20)23/h4-10,17-18H,11-13H2,1-3H3,(H2,24,25,26). The molecule has 0 bridgehead atoms. The summed E-state index contributed by atoms with van der Waals surface area (Å²) in [5.74, 6) is 0.329. The van der Waals surface area contributed by atoms with Gasteiger partial charge >= 0.3 is 0 Å². The third kappa shape index (κ3) is 4.42. The van der Waals surface area contributed by atoms with E-state index in [9.17, 15) is 8.78 Å². The number of nitrogens with zero attached hydrogens (tertiary/aromatic N) is 2. The van der Waals surface area contributed by atoms with E-state index in [1.807, 2.05) is 24.3 Å². The molecule has 0 radical (unpaired) electrons. The van der Waals surface area contributed by atoms with Crippen LogP contribution in [0.25, 0.3) is 0 Å². The molecule has 7 heteroatoms. The molecule has 28 heavy (non-hydrogen) atoms. The zero-order valence-electron chi connectivity index (χ0n) is 16.4. The van der Waals surface area contributed by atoms with E-state index in [4.69, 9.17) is 4.74 Å². The van der Waals surface area contributed by atoms with Crippen LogP contribution in [0.1, 0.15) is 29.6 Å². The molecule has 2 N–H and O–H groups in total. The molecule has 2 unspecified atom stereocenters. The predicted molar refractivity (Wildman–Crippen MR) is 107 cm³/mol. The fraction of sp³-hybridized carbons (Fsp3) is 0.381. The zero-order chi connectivity index (χ0) is 20.1. The molecule has 2 aromatic rings. The highest BCUT2D eigenvalue weighted by atomic mass is 19.1. The fourth-order valence-corrected chi connectivity index (χ4v) is 3.42. The largest absolute Gasteiger partial charge is 0.493 e. The highest BCUT2D eigenvalue weighted by Gasteiger charge is 2.24. The van der Waals surface area contributed by atoms with Gasteiger partial charge in [-0.3, -0.25) is 4.99 Å². The van der Waals surface area contributed by atoms with Crippen LogP contribution in [0, 0.1) is 11.6 Å². The Morgan fingerprint density at radius 1 is 1.18 bits per heavy atom. The number of likely N-dealkylation sites (N-methyl/N-ethyl adjacent to an activating group) is 1. The van der Waals surface area contributed by atoms with Gasteiger partial charge < -0.3 is 20.3 Å². The van der Waals surface area contributed by atoms with Crippen molar-refractivity contribution in [3.05, 3.63) is 65.2 Å². The summed E-state index contributed by atoms with van der Waals surface area (Å²) in [5.41, 5.74) is 1.12. The first-order valence-electron chi connectivity index (χ1n) is 9.30. The van der Waals surface area contributed by atoms with Gasteiger partial charge in [-0.15, -0.1) is 0 Å². The van der Waals surface area contributed by atoms with Crippen molar-refractivity contribution >= 4 is 5.96 Å². The lowest BCUT2D eigenvalue weighted by Crippen LogP contribution is -2.44. The van der Waals surface area contributed by atoms with Crippen LogP contribution in [0.3, 0.4) is 0 Å². The number of guanidine groups is 1. The molecule has 0 aromatic heterocycles. The van der Waals surface area contributed by atoms with Gasteiger partial charge in [-0.2, -0.15) is 0 Å². The van der Waals surface area contributed by atoms with Crippen LogP contribution in [-0.4, -0.2) is 45.2 Å². The van der Waals surface area contributed by atoms with Crippen LogP contribution >= 0.6 is 0 Å². The van der Waals surface area contributed by atoms with Crippen molar-refractivity contribution in [3.63, 3.8) is 0 Å². The quantitative estimate of drug-likeness (QED) is 0.610. The molecule has 150 valence electrons. The van der Waals surface area contributed by atoms with E-state index in [0.29, 0.717) is 19.1 Å². The average molecular weight is 388 g/mol. The van der Waals surface area contributed by atoms with E-state index in [-0.39, 0.29) is 11.6 Å². The molecule has 3 rings (SSSR count). The first kappa shape index (κ1) is 20.1. The Bertz CT molecular complexity index is 821. The van der Waals surface area contributed by atoms with E-state index >= 15 is 0 Å². The van der Waals surface area contributed by atoms with Crippen molar-refractivity contribution < 1.29 is 13.5 Å². The monoisotopic (exact) mass is 388 g/mol. The lowest BCUT2D eigenvalue weighted by atomic mass is 10.0. The maximum atomic E-state index is 14.3. The van der Waals surface area contributed by atoms with Crippen molar-refractivity contribution in [2.24, 2.45) is 4.99 Å². The summed E-state index contributed by atoms with van der Waals surface area (Å²) in [6.45, 7) is 0.918. The maximum Gasteiger partial charge on any atom is 0.191 e. The minimum Gasteiger partial charge on any atom is -0.493 e. The minimum absolute atomic E-state index is 0.0480. The van der Waals surface area contributed by atoms with Crippen molar-refractivity contribution in [3.8, 4) is 5.75 Å². The number of halogens is 2. The van der Waals surface area contributed by atoms with Crippen molar-refractivity contribution in [1.29, 1.82) is 0 Å². The number of nitrogens with one attached hydrogen (secondary N) is 2. The number of para-hydroxylation sites is 1. The summed E-state index contributed by atoms with van der Waals surface area (Å²) in [6, 6.07) is 11.4. The van der Waals surface area contributed by atoms with Crippen LogP contribution in [0.2, 0.25) is 0 Å². The molecular weight excluding hydrogens is 362 g/mol. The molecule has 0 fully saturated rings. The molecule has 2 aromatic carbocycles. The van der Waals surface area contributed by atoms with Crippen molar-refractivity contribution in [2.75, 3.05) is 34.3 Å². The molecule has 0 saturated carbocycles. The molecule has 5 nitrogen and oxygen atoms in total. The Morgan fingerprint density at radius 3 is 2.57 bits per heavy atom. The van der Waals surface area contributed by atoms with Crippen molar-refractivity contribution in [1.82, 2.24) is 15.5 Å². The van der Waals surface area contributed by atoms with Gasteiger partial charge in [0.2, 0.25) is 0 Å². The van der Waals surface area contributed by atoms with Gasteiger partial charge in [0, 0.05) is 31.1 Å².